The molecule has 0 radical (unpaired) electrons. The zero-order valence-corrected chi connectivity index (χ0v) is 22.2. The van der Waals surface area contributed by atoms with Crippen LogP contribution in [-0.2, 0) is 9.53 Å². The monoisotopic (exact) mass is 511 g/mol. The summed E-state index contributed by atoms with van der Waals surface area (Å²) in [5.41, 5.74) is 0.218. The molecule has 0 spiro atoms. The summed E-state index contributed by atoms with van der Waals surface area (Å²) in [5.74, 6) is 1.96. The van der Waals surface area contributed by atoms with Gasteiger partial charge in [-0.1, -0.05) is 6.92 Å². The van der Waals surface area contributed by atoms with E-state index in [1.807, 2.05) is 33.8 Å². The Morgan fingerprint density at radius 2 is 1.92 bits per heavy atom. The number of amides is 2. The zero-order valence-electron chi connectivity index (χ0n) is 22.2. The van der Waals surface area contributed by atoms with Gasteiger partial charge in [0.15, 0.2) is 0 Å². The second kappa shape index (κ2) is 10.1. The van der Waals surface area contributed by atoms with Crippen molar-refractivity contribution in [2.24, 2.45) is 23.7 Å². The molecule has 2 unspecified atom stereocenters. The van der Waals surface area contributed by atoms with Gasteiger partial charge in [0.05, 0.1) is 5.52 Å². The fourth-order valence-electron chi connectivity index (χ4n) is 6.06. The fourth-order valence-corrected chi connectivity index (χ4v) is 6.06. The summed E-state index contributed by atoms with van der Waals surface area (Å²) < 4.78 is 25.7. The Morgan fingerprint density at radius 1 is 1.16 bits per heavy atom. The predicted molar refractivity (Wildman–Crippen MR) is 139 cm³/mol. The van der Waals surface area contributed by atoms with Gasteiger partial charge in [-0.25, -0.2) is 9.18 Å². The van der Waals surface area contributed by atoms with Crippen LogP contribution in [0.3, 0.4) is 0 Å². The van der Waals surface area contributed by atoms with E-state index < -0.39 is 5.60 Å². The van der Waals surface area contributed by atoms with Crippen LogP contribution in [0.1, 0.15) is 59.8 Å². The van der Waals surface area contributed by atoms with E-state index in [1.54, 1.807) is 17.2 Å². The molecule has 1 aromatic heterocycles. The molecule has 2 saturated carbocycles. The van der Waals surface area contributed by atoms with Gasteiger partial charge in [0, 0.05) is 36.6 Å². The van der Waals surface area contributed by atoms with Crippen molar-refractivity contribution in [1.82, 2.24) is 15.2 Å². The largest absolute Gasteiger partial charge is 0.489 e. The molecule has 0 bridgehead atoms. The molecule has 8 heteroatoms. The van der Waals surface area contributed by atoms with Gasteiger partial charge in [0.2, 0.25) is 5.91 Å². The standard InChI is InChI=1S/C29H38FN3O4/c1-17(27(34)32-20-8-11-33(12-9-20)28(35)37-29(2,3)4)13-18-14-26(22-16-21(18)22)36-25-7-10-31-24-6-5-19(30)15-23(24)25/h5-7,10,15,17-18,20-22,26H,8-9,11-14,16H2,1-4H3,(H,32,34)/t17?,18-,21-,22?,26-/m1/s1. The molecule has 2 heterocycles. The van der Waals surface area contributed by atoms with Crippen molar-refractivity contribution in [3.05, 3.63) is 36.3 Å². The summed E-state index contributed by atoms with van der Waals surface area (Å²) in [7, 11) is 0. The van der Waals surface area contributed by atoms with Gasteiger partial charge in [-0.15, -0.1) is 0 Å². The number of benzene rings is 1. The number of carbonyl (C=O) groups is 2. The Hall–Kier alpha value is -2.90. The van der Waals surface area contributed by atoms with E-state index in [9.17, 15) is 14.0 Å². The first-order chi connectivity index (χ1) is 17.6. The van der Waals surface area contributed by atoms with Crippen molar-refractivity contribution < 1.29 is 23.5 Å². The SMILES string of the molecule is CC(C[C@@H]1C[C@@H](Oc2ccnc3ccc(F)cc23)C2C[C@@H]21)C(=O)NC1CCN(C(=O)OC(C)(C)C)CC1. The maximum absolute atomic E-state index is 13.8. The van der Waals surface area contributed by atoms with Crippen LogP contribution in [0.15, 0.2) is 30.5 Å². The molecule has 3 fully saturated rings. The third kappa shape index (κ3) is 5.99. The number of hydrogen-bond donors (Lipinski definition) is 1. The van der Waals surface area contributed by atoms with E-state index >= 15 is 0 Å². The first-order valence-corrected chi connectivity index (χ1v) is 13.6. The second-order valence-corrected chi connectivity index (χ2v) is 12.1. The van der Waals surface area contributed by atoms with Crippen LogP contribution in [0.5, 0.6) is 5.75 Å². The molecule has 1 saturated heterocycles. The van der Waals surface area contributed by atoms with E-state index in [1.165, 1.54) is 12.1 Å². The maximum atomic E-state index is 13.8. The molecule has 2 aliphatic carbocycles. The van der Waals surface area contributed by atoms with Gasteiger partial charge in [-0.05, 0) is 94.9 Å². The lowest BCUT2D eigenvalue weighted by atomic mass is 9.90. The van der Waals surface area contributed by atoms with Crippen LogP contribution in [0, 0.1) is 29.5 Å². The second-order valence-electron chi connectivity index (χ2n) is 12.1. The van der Waals surface area contributed by atoms with Gasteiger partial charge in [-0.3, -0.25) is 9.78 Å². The van der Waals surface area contributed by atoms with E-state index in [0.717, 1.165) is 37.6 Å². The number of rotatable bonds is 6. The lowest BCUT2D eigenvalue weighted by Crippen LogP contribution is -2.48. The number of halogens is 1. The number of ether oxygens (including phenoxy) is 2. The van der Waals surface area contributed by atoms with Crippen molar-refractivity contribution in [3.63, 3.8) is 0 Å². The van der Waals surface area contributed by atoms with Crippen molar-refractivity contribution in [1.29, 1.82) is 0 Å². The Bertz CT molecular complexity index is 1160. The summed E-state index contributed by atoms with van der Waals surface area (Å²) in [5, 5.41) is 3.92. The van der Waals surface area contributed by atoms with E-state index in [2.05, 4.69) is 10.3 Å². The molecule has 37 heavy (non-hydrogen) atoms. The summed E-state index contributed by atoms with van der Waals surface area (Å²) in [4.78, 5) is 31.3. The number of pyridine rings is 1. The third-order valence-corrected chi connectivity index (χ3v) is 8.05. The van der Waals surface area contributed by atoms with Gasteiger partial charge < -0.3 is 19.7 Å². The number of fused-ring (bicyclic) bond motifs is 2. The van der Waals surface area contributed by atoms with Crippen LogP contribution < -0.4 is 10.1 Å². The van der Waals surface area contributed by atoms with Crippen molar-refractivity contribution >= 4 is 22.9 Å². The van der Waals surface area contributed by atoms with Crippen molar-refractivity contribution in [2.45, 2.75) is 77.5 Å². The highest BCUT2D eigenvalue weighted by molar-refractivity contribution is 5.84. The molecular formula is C29H38FN3O4. The normalized spacial score (nSPS) is 26.5. The van der Waals surface area contributed by atoms with E-state index in [0.29, 0.717) is 42.0 Å². The van der Waals surface area contributed by atoms with Crippen molar-refractivity contribution in [2.75, 3.05) is 13.1 Å². The molecule has 5 atom stereocenters. The lowest BCUT2D eigenvalue weighted by molar-refractivity contribution is -0.126. The van der Waals surface area contributed by atoms with Gasteiger partial charge in [0.1, 0.15) is 23.3 Å². The van der Waals surface area contributed by atoms with Crippen LogP contribution in [0.4, 0.5) is 9.18 Å². The number of nitrogens with zero attached hydrogens (tertiary/aromatic N) is 2. The quantitative estimate of drug-likeness (QED) is 0.568. The maximum Gasteiger partial charge on any atom is 0.410 e. The van der Waals surface area contributed by atoms with E-state index in [-0.39, 0.29) is 35.9 Å². The highest BCUT2D eigenvalue weighted by Crippen LogP contribution is 2.58. The molecular weight excluding hydrogens is 473 g/mol. The van der Waals surface area contributed by atoms with Crippen molar-refractivity contribution in [3.8, 4) is 5.75 Å². The molecule has 3 aliphatic rings. The Balaban J connectivity index is 1.10. The zero-order chi connectivity index (χ0) is 26.3. The molecule has 1 N–H and O–H groups in total. The Morgan fingerprint density at radius 3 is 2.65 bits per heavy atom. The predicted octanol–water partition coefficient (Wildman–Crippen LogP) is 5.32. The highest BCUT2D eigenvalue weighted by Gasteiger charge is 2.55. The van der Waals surface area contributed by atoms with Crippen LogP contribution in [0.2, 0.25) is 0 Å². The number of piperidine rings is 1. The first-order valence-electron chi connectivity index (χ1n) is 13.6. The average Bonchev–Trinajstić information content (AvgIpc) is 3.57. The summed E-state index contributed by atoms with van der Waals surface area (Å²) in [6, 6.07) is 6.48. The summed E-state index contributed by atoms with van der Waals surface area (Å²) in [6.07, 6.45) is 5.88. The number of nitrogens with one attached hydrogen (secondary N) is 1. The van der Waals surface area contributed by atoms with Crippen LogP contribution in [-0.4, -0.2) is 52.7 Å². The molecule has 200 valence electrons. The van der Waals surface area contributed by atoms with E-state index in [4.69, 9.17) is 9.47 Å². The van der Waals surface area contributed by atoms with Crippen LogP contribution >= 0.6 is 0 Å². The Labute approximate surface area is 218 Å². The molecule has 2 amide bonds. The number of aromatic nitrogens is 1. The van der Waals surface area contributed by atoms with Crippen LogP contribution in [0.25, 0.3) is 10.9 Å². The van der Waals surface area contributed by atoms with Gasteiger partial charge >= 0.3 is 6.09 Å². The minimum Gasteiger partial charge on any atom is -0.489 e. The summed E-state index contributed by atoms with van der Waals surface area (Å²) >= 11 is 0. The van der Waals surface area contributed by atoms with Gasteiger partial charge in [-0.2, -0.15) is 0 Å². The third-order valence-electron chi connectivity index (χ3n) is 8.05. The number of hydrogen-bond acceptors (Lipinski definition) is 5. The smallest absolute Gasteiger partial charge is 0.410 e. The average molecular weight is 512 g/mol. The number of likely N-dealkylation sites (tertiary alicyclic amines) is 1. The highest BCUT2D eigenvalue weighted by atomic mass is 19.1. The molecule has 7 nitrogen and oxygen atoms in total. The summed E-state index contributed by atoms with van der Waals surface area (Å²) in [6.45, 7) is 8.79. The number of carbonyl (C=O) groups excluding carboxylic acids is 2. The minimum atomic E-state index is -0.507. The molecule has 2 aromatic rings. The first kappa shape index (κ1) is 25.7. The Kier molecular flexibility index (Phi) is 7.03. The fraction of sp³-hybridized carbons (Fsp3) is 0.621. The molecule has 1 aromatic carbocycles. The minimum absolute atomic E-state index is 0.0789. The molecule has 5 rings (SSSR count). The topological polar surface area (TPSA) is 80.8 Å². The van der Waals surface area contributed by atoms with Gasteiger partial charge in [0.25, 0.3) is 0 Å². The lowest BCUT2D eigenvalue weighted by Gasteiger charge is -2.34. The molecule has 1 aliphatic heterocycles.